The maximum absolute atomic E-state index is 12.5. The highest BCUT2D eigenvalue weighted by molar-refractivity contribution is 6.00. The fourth-order valence-electron chi connectivity index (χ4n) is 2.82. The molecule has 1 aliphatic carbocycles. The summed E-state index contributed by atoms with van der Waals surface area (Å²) in [6.07, 6.45) is 3.57. The maximum atomic E-state index is 12.5. The summed E-state index contributed by atoms with van der Waals surface area (Å²) >= 11 is 0. The normalized spacial score (nSPS) is 18.5. The average molecular weight is 355 g/mol. The molecular formula is C17H24F3N5. The van der Waals surface area contributed by atoms with E-state index in [4.69, 9.17) is 11.5 Å². The van der Waals surface area contributed by atoms with Crippen LogP contribution < -0.4 is 16.8 Å². The number of alkyl halides is 3. The minimum atomic E-state index is -4.37. The first-order valence-corrected chi connectivity index (χ1v) is 8.46. The predicted octanol–water partition coefficient (Wildman–Crippen LogP) is 3.86. The van der Waals surface area contributed by atoms with Gasteiger partial charge in [-0.3, -0.25) is 0 Å². The molecule has 1 saturated carbocycles. The molecule has 138 valence electrons. The van der Waals surface area contributed by atoms with Crippen molar-refractivity contribution in [1.82, 2.24) is 0 Å². The Kier molecular flexibility index (Phi) is 6.66. The van der Waals surface area contributed by atoms with Gasteiger partial charge in [-0.25, -0.2) is 4.99 Å². The number of nitrogens with one attached hydrogen (secondary N) is 1. The van der Waals surface area contributed by atoms with Crippen LogP contribution in [0.15, 0.2) is 34.3 Å². The molecule has 0 saturated heterocycles. The molecular weight excluding hydrogens is 331 g/mol. The number of aliphatic imine (C=N–C) groups is 2. The summed E-state index contributed by atoms with van der Waals surface area (Å²) in [6.45, 7) is 0. The van der Waals surface area contributed by atoms with Crippen LogP contribution in [0.5, 0.6) is 0 Å². The lowest BCUT2D eigenvalue weighted by atomic mass is 9.97. The van der Waals surface area contributed by atoms with E-state index in [1.807, 2.05) is 0 Å². The van der Waals surface area contributed by atoms with Crippen LogP contribution in [0.4, 0.5) is 18.9 Å². The summed E-state index contributed by atoms with van der Waals surface area (Å²) in [7, 11) is 0. The molecule has 5 nitrogen and oxygen atoms in total. The second kappa shape index (κ2) is 8.73. The van der Waals surface area contributed by atoms with Gasteiger partial charge >= 0.3 is 6.18 Å². The van der Waals surface area contributed by atoms with Gasteiger partial charge in [0.15, 0.2) is 0 Å². The fourth-order valence-corrected chi connectivity index (χ4v) is 2.82. The minimum absolute atomic E-state index is 0.00754. The van der Waals surface area contributed by atoms with Crippen molar-refractivity contribution in [2.45, 2.75) is 57.2 Å². The SMILES string of the molecule is NC(=NC1CCCCCCC1)N=C(N)Nc1ccc(C(F)(F)F)cc1. The van der Waals surface area contributed by atoms with Crippen LogP contribution in [0.2, 0.25) is 0 Å². The van der Waals surface area contributed by atoms with Crippen LogP contribution >= 0.6 is 0 Å². The van der Waals surface area contributed by atoms with Crippen molar-refractivity contribution in [3.8, 4) is 0 Å². The number of anilines is 1. The Labute approximate surface area is 145 Å². The van der Waals surface area contributed by atoms with Crippen molar-refractivity contribution in [3.63, 3.8) is 0 Å². The Hall–Kier alpha value is -2.25. The van der Waals surface area contributed by atoms with Crippen LogP contribution in [0.3, 0.4) is 0 Å². The summed E-state index contributed by atoms with van der Waals surface area (Å²) < 4.78 is 37.6. The topological polar surface area (TPSA) is 88.8 Å². The number of hydrogen-bond acceptors (Lipinski definition) is 1. The maximum Gasteiger partial charge on any atom is 0.416 e. The average Bonchev–Trinajstić information content (AvgIpc) is 2.49. The first kappa shape index (κ1) is 19.1. The van der Waals surface area contributed by atoms with Gasteiger partial charge in [0.2, 0.25) is 11.9 Å². The highest BCUT2D eigenvalue weighted by Gasteiger charge is 2.29. The van der Waals surface area contributed by atoms with Gasteiger partial charge in [-0.2, -0.15) is 18.2 Å². The molecule has 0 amide bonds. The van der Waals surface area contributed by atoms with Gasteiger partial charge in [0.05, 0.1) is 11.6 Å². The molecule has 2 rings (SSSR count). The second-order valence-corrected chi connectivity index (χ2v) is 6.18. The van der Waals surface area contributed by atoms with Crippen molar-refractivity contribution >= 4 is 17.6 Å². The molecule has 0 aromatic heterocycles. The van der Waals surface area contributed by atoms with Crippen molar-refractivity contribution in [1.29, 1.82) is 0 Å². The third-order valence-electron chi connectivity index (χ3n) is 4.11. The number of benzene rings is 1. The Bertz CT molecular complexity index is 600. The van der Waals surface area contributed by atoms with Crippen molar-refractivity contribution < 1.29 is 13.2 Å². The quantitative estimate of drug-likeness (QED) is 0.556. The Balaban J connectivity index is 1.96. The van der Waals surface area contributed by atoms with Crippen molar-refractivity contribution in [3.05, 3.63) is 29.8 Å². The van der Waals surface area contributed by atoms with Gasteiger partial charge in [0.25, 0.3) is 0 Å². The number of nitrogens with two attached hydrogens (primary N) is 2. The number of nitrogens with zero attached hydrogens (tertiary/aromatic N) is 2. The van der Waals surface area contributed by atoms with Gasteiger partial charge in [0.1, 0.15) is 0 Å². The Morgan fingerprint density at radius 2 is 1.52 bits per heavy atom. The van der Waals surface area contributed by atoms with E-state index in [9.17, 15) is 13.2 Å². The molecule has 0 heterocycles. The molecule has 0 atom stereocenters. The van der Waals surface area contributed by atoms with Crippen LogP contribution in [-0.4, -0.2) is 18.0 Å². The van der Waals surface area contributed by atoms with Gasteiger partial charge in [-0.15, -0.1) is 0 Å². The zero-order valence-corrected chi connectivity index (χ0v) is 14.0. The van der Waals surface area contributed by atoms with Gasteiger partial charge in [-0.1, -0.05) is 32.1 Å². The third-order valence-corrected chi connectivity index (χ3v) is 4.11. The van der Waals surface area contributed by atoms with Gasteiger partial charge in [-0.05, 0) is 37.1 Å². The monoisotopic (exact) mass is 355 g/mol. The molecule has 0 spiro atoms. The number of rotatable bonds is 2. The summed E-state index contributed by atoms with van der Waals surface area (Å²) in [6, 6.07) is 4.67. The minimum Gasteiger partial charge on any atom is -0.369 e. The fraction of sp³-hybridized carbons (Fsp3) is 0.529. The molecule has 8 heteroatoms. The lowest BCUT2D eigenvalue weighted by Crippen LogP contribution is -2.27. The van der Waals surface area contributed by atoms with E-state index >= 15 is 0 Å². The molecule has 0 radical (unpaired) electrons. The highest BCUT2D eigenvalue weighted by Crippen LogP contribution is 2.29. The lowest BCUT2D eigenvalue weighted by molar-refractivity contribution is -0.137. The molecule has 0 bridgehead atoms. The van der Waals surface area contributed by atoms with E-state index in [1.165, 1.54) is 31.4 Å². The van der Waals surface area contributed by atoms with E-state index in [2.05, 4.69) is 15.3 Å². The zero-order valence-electron chi connectivity index (χ0n) is 14.0. The summed E-state index contributed by atoms with van der Waals surface area (Å²) in [4.78, 5) is 8.38. The summed E-state index contributed by atoms with van der Waals surface area (Å²) in [5.41, 5.74) is 11.2. The van der Waals surface area contributed by atoms with Crippen molar-refractivity contribution in [2.24, 2.45) is 21.5 Å². The smallest absolute Gasteiger partial charge is 0.369 e. The molecule has 1 aromatic rings. The highest BCUT2D eigenvalue weighted by atomic mass is 19.4. The molecule has 1 fully saturated rings. The van der Waals surface area contributed by atoms with Crippen molar-refractivity contribution in [2.75, 3.05) is 5.32 Å². The van der Waals surface area contributed by atoms with Crippen LogP contribution in [0.1, 0.15) is 50.5 Å². The first-order chi connectivity index (χ1) is 11.8. The standard InChI is InChI=1S/C17H24F3N5/c18-17(19,20)12-8-10-14(11-9-12)24-16(22)25-15(21)23-13-6-4-2-1-3-5-7-13/h8-11,13H,1-7H2,(H5,21,22,23,24,25). The van der Waals surface area contributed by atoms with Crippen LogP contribution in [0, 0.1) is 0 Å². The zero-order chi connectivity index (χ0) is 18.3. The molecule has 1 aliphatic rings. The largest absolute Gasteiger partial charge is 0.416 e. The number of halogens is 3. The van der Waals surface area contributed by atoms with Gasteiger partial charge < -0.3 is 16.8 Å². The first-order valence-electron chi connectivity index (χ1n) is 8.46. The van der Waals surface area contributed by atoms with E-state index in [0.717, 1.165) is 37.8 Å². The molecule has 0 unspecified atom stereocenters. The molecule has 25 heavy (non-hydrogen) atoms. The third kappa shape index (κ3) is 6.64. The molecule has 1 aromatic carbocycles. The molecule has 0 aliphatic heterocycles. The Morgan fingerprint density at radius 1 is 0.960 bits per heavy atom. The van der Waals surface area contributed by atoms with Crippen LogP contribution in [0.25, 0.3) is 0 Å². The summed E-state index contributed by atoms with van der Waals surface area (Å²) in [5.74, 6) is 0.0781. The Morgan fingerprint density at radius 3 is 2.08 bits per heavy atom. The predicted molar refractivity (Wildman–Crippen MR) is 94.4 cm³/mol. The van der Waals surface area contributed by atoms with Crippen LogP contribution in [-0.2, 0) is 6.18 Å². The number of guanidine groups is 2. The van der Waals surface area contributed by atoms with E-state index < -0.39 is 11.7 Å². The van der Waals surface area contributed by atoms with E-state index in [-0.39, 0.29) is 18.0 Å². The van der Waals surface area contributed by atoms with E-state index in [0.29, 0.717) is 5.69 Å². The number of hydrogen-bond donors (Lipinski definition) is 3. The van der Waals surface area contributed by atoms with Gasteiger partial charge in [0, 0.05) is 5.69 Å². The molecule has 5 N–H and O–H groups in total. The second-order valence-electron chi connectivity index (χ2n) is 6.18. The lowest BCUT2D eigenvalue weighted by Gasteiger charge is -2.15. The van der Waals surface area contributed by atoms with E-state index in [1.54, 1.807) is 0 Å². The summed E-state index contributed by atoms with van der Waals surface area (Å²) in [5, 5.41) is 2.71.